The molecule has 1 aliphatic carbocycles. The van der Waals surface area contributed by atoms with Crippen LogP contribution in [0.25, 0.3) is 38.4 Å². The van der Waals surface area contributed by atoms with Gasteiger partial charge in [-0.05, 0) is 71.4 Å². The van der Waals surface area contributed by atoms with Crippen LogP contribution >= 0.6 is 0 Å². The van der Waals surface area contributed by atoms with E-state index < -0.39 is 0 Å². The maximum absolute atomic E-state index is 13.0. The molecule has 0 fully saturated rings. The molecule has 0 amide bonds. The quantitative estimate of drug-likeness (QED) is 0.388. The van der Waals surface area contributed by atoms with E-state index in [1.54, 1.807) is 0 Å². The van der Waals surface area contributed by atoms with Crippen molar-refractivity contribution in [2.45, 2.75) is 32.7 Å². The van der Waals surface area contributed by atoms with Crippen LogP contribution in [-0.2, 0) is 18.3 Å². The minimum Gasteiger partial charge on any atom is -0.462 e. The van der Waals surface area contributed by atoms with Crippen LogP contribution in [0.2, 0.25) is 0 Å². The van der Waals surface area contributed by atoms with E-state index in [0.717, 1.165) is 35.0 Å². The average molecular weight is 425 g/mol. The molecule has 5 rings (SSSR count). The third-order valence-corrected chi connectivity index (χ3v) is 6.60. The number of benzene rings is 3. The second-order valence-electron chi connectivity index (χ2n) is 8.37. The second kappa shape index (κ2) is 8.29. The average Bonchev–Trinajstić information content (AvgIpc) is 3.44. The lowest BCUT2D eigenvalue weighted by atomic mass is 9.89. The summed E-state index contributed by atoms with van der Waals surface area (Å²) in [5, 5.41) is 3.32. The number of hydrogen-bond acceptors (Lipinski definition) is 3. The van der Waals surface area contributed by atoms with Crippen LogP contribution < -0.4 is 5.73 Å². The van der Waals surface area contributed by atoms with Crippen molar-refractivity contribution in [3.63, 3.8) is 0 Å². The van der Waals surface area contributed by atoms with Crippen molar-refractivity contribution < 1.29 is 9.53 Å². The van der Waals surface area contributed by atoms with E-state index in [1.165, 1.54) is 33.9 Å². The fourth-order valence-electron chi connectivity index (χ4n) is 5.07. The highest BCUT2D eigenvalue weighted by Gasteiger charge is 2.24. The van der Waals surface area contributed by atoms with E-state index in [2.05, 4.69) is 60.7 Å². The first-order chi connectivity index (χ1) is 15.6. The Bertz CT molecular complexity index is 1370. The van der Waals surface area contributed by atoms with E-state index in [9.17, 15) is 4.79 Å². The Morgan fingerprint density at radius 1 is 1.03 bits per heavy atom. The third-order valence-electron chi connectivity index (χ3n) is 6.60. The first-order valence-corrected chi connectivity index (χ1v) is 11.3. The summed E-state index contributed by atoms with van der Waals surface area (Å²) < 4.78 is 7.47. The van der Waals surface area contributed by atoms with Gasteiger partial charge in [0.15, 0.2) is 0 Å². The molecule has 4 heteroatoms. The first-order valence-electron chi connectivity index (χ1n) is 11.3. The molecule has 4 nitrogen and oxygen atoms in total. The molecule has 2 N–H and O–H groups in total. The van der Waals surface area contributed by atoms with E-state index >= 15 is 0 Å². The number of carbonyl (C=O) groups excluding carboxylic acids is 1. The SMILES string of the molecule is CCOC(=O)c1c(CN)n(C)c2cc(C3=CCCC3)c(-c3cccc4ccccc34)cc12. The minimum absolute atomic E-state index is 0.279. The number of carbonyl (C=O) groups is 1. The van der Waals surface area contributed by atoms with Crippen molar-refractivity contribution in [1.82, 2.24) is 4.57 Å². The van der Waals surface area contributed by atoms with Gasteiger partial charge in [-0.15, -0.1) is 0 Å². The smallest absolute Gasteiger partial charge is 0.340 e. The molecule has 0 saturated heterocycles. The van der Waals surface area contributed by atoms with Crippen LogP contribution in [0, 0.1) is 0 Å². The normalized spacial score (nSPS) is 13.7. The Balaban J connectivity index is 1.87. The van der Waals surface area contributed by atoms with Crippen LogP contribution in [0.5, 0.6) is 0 Å². The van der Waals surface area contributed by atoms with Crippen LogP contribution in [0.4, 0.5) is 0 Å². The number of rotatable bonds is 5. The summed E-state index contributed by atoms with van der Waals surface area (Å²) in [6.07, 6.45) is 5.71. The number of ether oxygens (including phenoxy) is 1. The van der Waals surface area contributed by atoms with Crippen LogP contribution in [-0.4, -0.2) is 17.1 Å². The topological polar surface area (TPSA) is 57.2 Å². The summed E-state index contributed by atoms with van der Waals surface area (Å²) >= 11 is 0. The summed E-state index contributed by atoms with van der Waals surface area (Å²) in [5.41, 5.74) is 13.5. The number of nitrogens with two attached hydrogens (primary N) is 1. The monoisotopic (exact) mass is 424 g/mol. The van der Waals surface area contributed by atoms with E-state index in [4.69, 9.17) is 10.5 Å². The number of allylic oxidation sites excluding steroid dienone is 2. The highest BCUT2D eigenvalue weighted by Crippen LogP contribution is 2.41. The number of fused-ring (bicyclic) bond motifs is 2. The minimum atomic E-state index is -0.310. The zero-order valence-electron chi connectivity index (χ0n) is 18.7. The van der Waals surface area contributed by atoms with Gasteiger partial charge in [0.1, 0.15) is 0 Å². The Kier molecular flexibility index (Phi) is 5.32. The molecule has 0 aliphatic heterocycles. The van der Waals surface area contributed by atoms with Crippen molar-refractivity contribution in [2.75, 3.05) is 6.61 Å². The lowest BCUT2D eigenvalue weighted by molar-refractivity contribution is 0.0527. The molecule has 0 radical (unpaired) electrons. The molecule has 0 bridgehead atoms. The number of aromatic nitrogens is 1. The van der Waals surface area contributed by atoms with Gasteiger partial charge in [-0.25, -0.2) is 4.79 Å². The molecular weight excluding hydrogens is 396 g/mol. The highest BCUT2D eigenvalue weighted by molar-refractivity contribution is 6.10. The second-order valence-corrected chi connectivity index (χ2v) is 8.37. The summed E-state index contributed by atoms with van der Waals surface area (Å²) in [7, 11) is 1.98. The fourth-order valence-corrected chi connectivity index (χ4v) is 5.07. The lowest BCUT2D eigenvalue weighted by Crippen LogP contribution is -2.12. The Morgan fingerprint density at radius 2 is 1.84 bits per heavy atom. The van der Waals surface area contributed by atoms with Gasteiger partial charge in [-0.3, -0.25) is 0 Å². The summed E-state index contributed by atoms with van der Waals surface area (Å²) in [6, 6.07) is 19.3. The number of esters is 1. The molecule has 1 heterocycles. The van der Waals surface area contributed by atoms with Gasteiger partial charge in [-0.1, -0.05) is 48.5 Å². The number of aryl methyl sites for hydroxylation is 1. The molecule has 1 aliphatic rings. The lowest BCUT2D eigenvalue weighted by Gasteiger charge is -2.15. The van der Waals surface area contributed by atoms with Gasteiger partial charge in [0, 0.05) is 30.2 Å². The predicted molar refractivity (Wildman–Crippen MR) is 132 cm³/mol. The van der Waals surface area contributed by atoms with E-state index in [-0.39, 0.29) is 12.5 Å². The zero-order chi connectivity index (χ0) is 22.2. The Labute approximate surface area is 188 Å². The maximum atomic E-state index is 13.0. The molecule has 0 atom stereocenters. The van der Waals surface area contributed by atoms with Crippen molar-refractivity contribution in [3.8, 4) is 11.1 Å². The largest absolute Gasteiger partial charge is 0.462 e. The Morgan fingerprint density at radius 3 is 2.59 bits per heavy atom. The zero-order valence-corrected chi connectivity index (χ0v) is 18.7. The Hall–Kier alpha value is -3.37. The van der Waals surface area contributed by atoms with E-state index in [0.29, 0.717) is 12.2 Å². The molecule has 4 aromatic rings. The molecule has 0 spiro atoms. The first kappa shape index (κ1) is 20.5. The molecule has 3 aromatic carbocycles. The highest BCUT2D eigenvalue weighted by atomic mass is 16.5. The molecule has 0 unspecified atom stereocenters. The van der Waals surface area contributed by atoms with Crippen molar-refractivity contribution in [2.24, 2.45) is 12.8 Å². The van der Waals surface area contributed by atoms with Gasteiger partial charge in [0.2, 0.25) is 0 Å². The maximum Gasteiger partial charge on any atom is 0.340 e. The van der Waals surface area contributed by atoms with Crippen LogP contribution in [0.15, 0.2) is 60.7 Å². The fraction of sp³-hybridized carbons (Fsp3) is 0.250. The van der Waals surface area contributed by atoms with Crippen molar-refractivity contribution in [1.29, 1.82) is 0 Å². The van der Waals surface area contributed by atoms with Crippen molar-refractivity contribution >= 4 is 33.2 Å². The number of nitrogens with zero attached hydrogens (tertiary/aromatic N) is 1. The van der Waals surface area contributed by atoms with Crippen LogP contribution in [0.3, 0.4) is 0 Å². The van der Waals surface area contributed by atoms with Gasteiger partial charge < -0.3 is 15.0 Å². The summed E-state index contributed by atoms with van der Waals surface area (Å²) in [4.78, 5) is 13.0. The van der Waals surface area contributed by atoms with E-state index in [1.807, 2.05) is 18.5 Å². The van der Waals surface area contributed by atoms with Gasteiger partial charge in [0.05, 0.1) is 12.2 Å². The summed E-state index contributed by atoms with van der Waals surface area (Å²) in [6.45, 7) is 2.44. The standard InChI is InChI=1S/C28H28N2O2/c1-3-32-28(31)27-24-15-23(21-14-8-12-18-9-6-7-13-20(18)21)22(19-10-4-5-11-19)16-25(24)30(2)26(27)17-29/h6-10,12-16H,3-5,11,17,29H2,1-2H3. The third kappa shape index (κ3) is 3.23. The van der Waals surface area contributed by atoms with Gasteiger partial charge in [0.25, 0.3) is 0 Å². The predicted octanol–water partition coefficient (Wildman–Crippen LogP) is 6.20. The summed E-state index contributed by atoms with van der Waals surface area (Å²) in [5.74, 6) is -0.310. The van der Waals surface area contributed by atoms with Gasteiger partial charge in [-0.2, -0.15) is 0 Å². The van der Waals surface area contributed by atoms with Crippen molar-refractivity contribution in [3.05, 3.63) is 77.5 Å². The molecule has 0 saturated carbocycles. The molecule has 1 aromatic heterocycles. The molecule has 32 heavy (non-hydrogen) atoms. The van der Waals surface area contributed by atoms with Gasteiger partial charge >= 0.3 is 5.97 Å². The number of hydrogen-bond donors (Lipinski definition) is 1. The molecule has 162 valence electrons. The molecular formula is C28H28N2O2. The van der Waals surface area contributed by atoms with Crippen LogP contribution in [0.1, 0.15) is 47.8 Å².